The van der Waals surface area contributed by atoms with E-state index in [4.69, 9.17) is 9.47 Å². The highest BCUT2D eigenvalue weighted by Gasteiger charge is 2.30. The zero-order chi connectivity index (χ0) is 24.6. The lowest BCUT2D eigenvalue weighted by Gasteiger charge is -2.26. The molecule has 4 rings (SSSR count). The molecule has 0 radical (unpaired) electrons. The van der Waals surface area contributed by atoms with E-state index in [2.05, 4.69) is 15.5 Å². The number of nitrogens with zero attached hydrogens (tertiary/aromatic N) is 1. The van der Waals surface area contributed by atoms with Gasteiger partial charge >= 0.3 is 0 Å². The Morgan fingerprint density at radius 3 is 2.51 bits per heavy atom. The summed E-state index contributed by atoms with van der Waals surface area (Å²) in [5.41, 5.74) is 2.99. The summed E-state index contributed by atoms with van der Waals surface area (Å²) in [6.07, 6.45) is 1.93. The summed E-state index contributed by atoms with van der Waals surface area (Å²) in [6.45, 7) is 1.45. The topological polar surface area (TPSA) is 79.9 Å². The van der Waals surface area contributed by atoms with Crippen LogP contribution in [-0.2, 0) is 11.3 Å². The highest BCUT2D eigenvalue weighted by atomic mass is 16.5. The minimum Gasteiger partial charge on any atom is -0.497 e. The molecule has 7 nitrogen and oxygen atoms in total. The first kappa shape index (κ1) is 24.3. The van der Waals surface area contributed by atoms with Gasteiger partial charge < -0.3 is 20.1 Å². The standard InChI is InChI=1S/C28H31N3O4/c1-34-21-14-15-23(26(17-21)35-2)25-13-8-16-31(25)19-27(32)30-24-12-7-6-11-22(24)28(33)29-18-20-9-4-3-5-10-20/h3-7,9-12,14-15,17,25H,8,13,16,18-19H2,1-2H3,(H,29,33)(H,30,32). The Morgan fingerprint density at radius 1 is 0.971 bits per heavy atom. The number of hydrogen-bond donors (Lipinski definition) is 2. The molecular formula is C28H31N3O4. The lowest BCUT2D eigenvalue weighted by atomic mass is 10.0. The molecule has 2 N–H and O–H groups in total. The van der Waals surface area contributed by atoms with Crippen molar-refractivity contribution < 1.29 is 19.1 Å². The van der Waals surface area contributed by atoms with Gasteiger partial charge in [-0.3, -0.25) is 14.5 Å². The maximum absolute atomic E-state index is 13.0. The molecule has 0 spiro atoms. The molecule has 35 heavy (non-hydrogen) atoms. The van der Waals surface area contributed by atoms with E-state index in [0.29, 0.717) is 17.8 Å². The van der Waals surface area contributed by atoms with Crippen LogP contribution in [0.4, 0.5) is 5.69 Å². The lowest BCUT2D eigenvalue weighted by molar-refractivity contribution is -0.117. The van der Waals surface area contributed by atoms with Crippen LogP contribution in [0.25, 0.3) is 0 Å². The van der Waals surface area contributed by atoms with E-state index in [1.165, 1.54) is 0 Å². The molecule has 182 valence electrons. The van der Waals surface area contributed by atoms with Gasteiger partial charge in [-0.1, -0.05) is 48.5 Å². The first-order valence-electron chi connectivity index (χ1n) is 11.8. The van der Waals surface area contributed by atoms with Crippen LogP contribution in [0.2, 0.25) is 0 Å². The van der Waals surface area contributed by atoms with Crippen LogP contribution in [0.1, 0.15) is 40.4 Å². The van der Waals surface area contributed by atoms with E-state index < -0.39 is 0 Å². The third kappa shape index (κ3) is 6.00. The molecule has 0 aromatic heterocycles. The van der Waals surface area contributed by atoms with Gasteiger partial charge in [0.25, 0.3) is 5.91 Å². The number of methoxy groups -OCH3 is 2. The summed E-state index contributed by atoms with van der Waals surface area (Å²) >= 11 is 0. The van der Waals surface area contributed by atoms with Crippen molar-refractivity contribution in [1.82, 2.24) is 10.2 Å². The van der Waals surface area contributed by atoms with Crippen molar-refractivity contribution in [3.05, 3.63) is 89.5 Å². The van der Waals surface area contributed by atoms with Crippen molar-refractivity contribution in [1.29, 1.82) is 0 Å². The predicted octanol–water partition coefficient (Wildman–Crippen LogP) is 4.41. The number of rotatable bonds is 9. The van der Waals surface area contributed by atoms with Crippen LogP contribution in [0.5, 0.6) is 11.5 Å². The molecule has 1 aliphatic rings. The quantitative estimate of drug-likeness (QED) is 0.481. The number of nitrogens with one attached hydrogen (secondary N) is 2. The molecule has 0 bridgehead atoms. The van der Waals surface area contributed by atoms with E-state index in [1.54, 1.807) is 32.4 Å². The Hall–Kier alpha value is -3.84. The second-order valence-corrected chi connectivity index (χ2v) is 8.50. The number of likely N-dealkylation sites (tertiary alicyclic amines) is 1. The summed E-state index contributed by atoms with van der Waals surface area (Å²) in [4.78, 5) is 28.0. The van der Waals surface area contributed by atoms with Crippen LogP contribution >= 0.6 is 0 Å². The zero-order valence-electron chi connectivity index (χ0n) is 20.1. The number of hydrogen-bond acceptors (Lipinski definition) is 5. The van der Waals surface area contributed by atoms with Gasteiger partial charge in [-0.15, -0.1) is 0 Å². The Labute approximate surface area is 206 Å². The third-order valence-electron chi connectivity index (χ3n) is 6.25. The van der Waals surface area contributed by atoms with Crippen LogP contribution in [-0.4, -0.2) is 44.0 Å². The molecule has 0 saturated carbocycles. The Bertz CT molecular complexity index is 1170. The molecule has 3 aromatic rings. The van der Waals surface area contributed by atoms with Crippen molar-refractivity contribution in [2.45, 2.75) is 25.4 Å². The maximum atomic E-state index is 13.0. The fourth-order valence-corrected chi connectivity index (χ4v) is 4.50. The van der Waals surface area contributed by atoms with Crippen molar-refractivity contribution in [3.63, 3.8) is 0 Å². The average Bonchev–Trinajstić information content (AvgIpc) is 3.35. The summed E-state index contributed by atoms with van der Waals surface area (Å²) in [6, 6.07) is 22.7. The van der Waals surface area contributed by atoms with Crippen LogP contribution in [0.3, 0.4) is 0 Å². The molecule has 1 unspecified atom stereocenters. The van der Waals surface area contributed by atoms with E-state index in [9.17, 15) is 9.59 Å². The molecule has 0 aliphatic carbocycles. The lowest BCUT2D eigenvalue weighted by Crippen LogP contribution is -2.33. The largest absolute Gasteiger partial charge is 0.497 e. The smallest absolute Gasteiger partial charge is 0.253 e. The second kappa shape index (κ2) is 11.5. The molecule has 1 atom stereocenters. The van der Waals surface area contributed by atoms with Crippen LogP contribution in [0, 0.1) is 0 Å². The maximum Gasteiger partial charge on any atom is 0.253 e. The van der Waals surface area contributed by atoms with E-state index in [1.807, 2.05) is 54.6 Å². The Balaban J connectivity index is 1.42. The summed E-state index contributed by atoms with van der Waals surface area (Å²) < 4.78 is 10.9. The van der Waals surface area contributed by atoms with E-state index in [-0.39, 0.29) is 24.4 Å². The van der Waals surface area contributed by atoms with Gasteiger partial charge in [0.2, 0.25) is 5.91 Å². The first-order valence-corrected chi connectivity index (χ1v) is 11.8. The number of ether oxygens (including phenoxy) is 2. The zero-order valence-corrected chi connectivity index (χ0v) is 20.1. The Kier molecular flexibility index (Phi) is 8.00. The van der Waals surface area contributed by atoms with Crippen molar-refractivity contribution >= 4 is 17.5 Å². The van der Waals surface area contributed by atoms with Gasteiger partial charge in [-0.25, -0.2) is 0 Å². The van der Waals surface area contributed by atoms with Gasteiger partial charge in [0, 0.05) is 24.2 Å². The van der Waals surface area contributed by atoms with E-state index >= 15 is 0 Å². The number of para-hydroxylation sites is 1. The molecule has 1 heterocycles. The van der Waals surface area contributed by atoms with Crippen molar-refractivity contribution in [2.24, 2.45) is 0 Å². The SMILES string of the molecule is COc1ccc(C2CCCN2CC(=O)Nc2ccccc2C(=O)NCc2ccccc2)c(OC)c1. The van der Waals surface area contributed by atoms with Gasteiger partial charge in [0.1, 0.15) is 11.5 Å². The summed E-state index contributed by atoms with van der Waals surface area (Å²) in [7, 11) is 3.27. The normalized spacial score (nSPS) is 15.4. The molecule has 2 amide bonds. The van der Waals surface area contributed by atoms with Gasteiger partial charge in [0.05, 0.1) is 32.0 Å². The highest BCUT2D eigenvalue weighted by Crippen LogP contribution is 2.38. The minimum atomic E-state index is -0.230. The monoisotopic (exact) mass is 473 g/mol. The number of amides is 2. The molecule has 7 heteroatoms. The molecule has 1 saturated heterocycles. The molecular weight excluding hydrogens is 442 g/mol. The van der Waals surface area contributed by atoms with Crippen molar-refractivity contribution in [2.75, 3.05) is 32.6 Å². The summed E-state index contributed by atoms with van der Waals surface area (Å²) in [5.74, 6) is 1.09. The number of benzene rings is 3. The third-order valence-corrected chi connectivity index (χ3v) is 6.25. The van der Waals surface area contributed by atoms with E-state index in [0.717, 1.165) is 42.0 Å². The predicted molar refractivity (Wildman–Crippen MR) is 136 cm³/mol. The summed E-state index contributed by atoms with van der Waals surface area (Å²) in [5, 5.41) is 5.87. The number of carbonyl (C=O) groups is 2. The molecule has 1 fully saturated rings. The Morgan fingerprint density at radius 2 is 1.74 bits per heavy atom. The minimum absolute atomic E-state index is 0.0750. The fourth-order valence-electron chi connectivity index (χ4n) is 4.50. The van der Waals surface area contributed by atoms with Crippen molar-refractivity contribution in [3.8, 4) is 11.5 Å². The fraction of sp³-hybridized carbons (Fsp3) is 0.286. The first-order chi connectivity index (χ1) is 17.1. The number of carbonyl (C=O) groups excluding carboxylic acids is 2. The van der Waals surface area contributed by atoms with Gasteiger partial charge in [-0.2, -0.15) is 0 Å². The average molecular weight is 474 g/mol. The number of anilines is 1. The molecule has 3 aromatic carbocycles. The van der Waals surface area contributed by atoms with Crippen LogP contribution in [0.15, 0.2) is 72.8 Å². The van der Waals surface area contributed by atoms with Gasteiger partial charge in [-0.05, 0) is 43.1 Å². The van der Waals surface area contributed by atoms with Crippen LogP contribution < -0.4 is 20.1 Å². The second-order valence-electron chi connectivity index (χ2n) is 8.50. The molecule has 1 aliphatic heterocycles. The highest BCUT2D eigenvalue weighted by molar-refractivity contribution is 6.04. The van der Waals surface area contributed by atoms with Gasteiger partial charge in [0.15, 0.2) is 0 Å².